The zero-order valence-electron chi connectivity index (χ0n) is 14.4. The maximum absolute atomic E-state index is 12.0. The predicted octanol–water partition coefficient (Wildman–Crippen LogP) is 2.07. The Kier molecular flexibility index (Phi) is 7.49. The van der Waals surface area contributed by atoms with Crippen LogP contribution in [0, 0.1) is 0 Å². The molecular weight excluding hydrogens is 320 g/mol. The SMILES string of the molecule is CCCOC(=O)CCNC(=O)c1ccc(NCCn2ccnc2)cc1. The van der Waals surface area contributed by atoms with Crippen molar-refractivity contribution in [2.24, 2.45) is 0 Å². The standard InChI is InChI=1S/C18H24N4O3/c1-2-13-25-17(23)7-8-21-18(24)15-3-5-16(6-4-15)20-10-12-22-11-9-19-14-22/h3-6,9,11,14,20H,2,7-8,10,12-13H2,1H3,(H,21,24). The van der Waals surface area contributed by atoms with E-state index in [4.69, 9.17) is 4.74 Å². The fourth-order valence-electron chi connectivity index (χ4n) is 2.16. The lowest BCUT2D eigenvalue weighted by Gasteiger charge is -2.09. The average molecular weight is 344 g/mol. The number of rotatable bonds is 10. The van der Waals surface area contributed by atoms with E-state index < -0.39 is 0 Å². The number of amides is 1. The second kappa shape index (κ2) is 10.1. The number of carbonyl (C=O) groups is 2. The van der Waals surface area contributed by atoms with Crippen LogP contribution in [0.3, 0.4) is 0 Å². The summed E-state index contributed by atoms with van der Waals surface area (Å²) in [6, 6.07) is 7.23. The number of esters is 1. The molecule has 25 heavy (non-hydrogen) atoms. The summed E-state index contributed by atoms with van der Waals surface area (Å²) in [7, 11) is 0. The lowest BCUT2D eigenvalue weighted by Crippen LogP contribution is -2.26. The fourth-order valence-corrected chi connectivity index (χ4v) is 2.16. The number of anilines is 1. The molecule has 0 aliphatic rings. The molecule has 0 atom stereocenters. The summed E-state index contributed by atoms with van der Waals surface area (Å²) in [6.07, 6.45) is 6.40. The van der Waals surface area contributed by atoms with Gasteiger partial charge in [0.1, 0.15) is 0 Å². The second-order valence-corrected chi connectivity index (χ2v) is 5.53. The van der Waals surface area contributed by atoms with E-state index in [2.05, 4.69) is 15.6 Å². The minimum absolute atomic E-state index is 0.180. The van der Waals surface area contributed by atoms with Gasteiger partial charge in [0.05, 0.1) is 19.4 Å². The first-order valence-corrected chi connectivity index (χ1v) is 8.42. The summed E-state index contributed by atoms with van der Waals surface area (Å²) < 4.78 is 6.94. The van der Waals surface area contributed by atoms with Crippen LogP contribution in [-0.2, 0) is 16.1 Å². The lowest BCUT2D eigenvalue weighted by atomic mass is 10.2. The van der Waals surface area contributed by atoms with Gasteiger partial charge in [0.15, 0.2) is 0 Å². The van der Waals surface area contributed by atoms with Gasteiger partial charge in [-0.3, -0.25) is 9.59 Å². The first kappa shape index (κ1) is 18.5. The first-order chi connectivity index (χ1) is 12.2. The molecule has 0 bridgehead atoms. The highest BCUT2D eigenvalue weighted by Gasteiger charge is 2.07. The van der Waals surface area contributed by atoms with Crippen LogP contribution >= 0.6 is 0 Å². The molecule has 2 N–H and O–H groups in total. The Morgan fingerprint density at radius 1 is 1.20 bits per heavy atom. The lowest BCUT2D eigenvalue weighted by molar-refractivity contribution is -0.143. The Bertz CT molecular complexity index is 653. The second-order valence-electron chi connectivity index (χ2n) is 5.53. The van der Waals surface area contributed by atoms with Crippen molar-refractivity contribution in [1.29, 1.82) is 0 Å². The number of benzene rings is 1. The number of aromatic nitrogens is 2. The highest BCUT2D eigenvalue weighted by molar-refractivity contribution is 5.94. The zero-order chi connectivity index (χ0) is 17.9. The van der Waals surface area contributed by atoms with E-state index in [1.165, 1.54) is 0 Å². The zero-order valence-corrected chi connectivity index (χ0v) is 14.4. The van der Waals surface area contributed by atoms with Crippen LogP contribution in [0.2, 0.25) is 0 Å². The normalized spacial score (nSPS) is 10.3. The minimum Gasteiger partial charge on any atom is -0.466 e. The summed E-state index contributed by atoms with van der Waals surface area (Å²) in [5, 5.41) is 6.00. The average Bonchev–Trinajstić information content (AvgIpc) is 3.14. The molecule has 0 saturated heterocycles. The summed E-state index contributed by atoms with van der Waals surface area (Å²) in [5.74, 6) is -0.493. The summed E-state index contributed by atoms with van der Waals surface area (Å²) in [6.45, 7) is 4.21. The monoisotopic (exact) mass is 344 g/mol. The number of nitrogens with zero attached hydrogens (tertiary/aromatic N) is 2. The van der Waals surface area contributed by atoms with Gasteiger partial charge in [0.25, 0.3) is 5.91 Å². The number of imidazole rings is 1. The van der Waals surface area contributed by atoms with Crippen LogP contribution in [0.15, 0.2) is 43.0 Å². The molecule has 1 aromatic carbocycles. The van der Waals surface area contributed by atoms with E-state index in [0.717, 1.165) is 25.2 Å². The minimum atomic E-state index is -0.292. The number of ether oxygens (including phenoxy) is 1. The van der Waals surface area contributed by atoms with Crippen LogP contribution in [0.1, 0.15) is 30.1 Å². The van der Waals surface area contributed by atoms with Crippen LogP contribution < -0.4 is 10.6 Å². The van der Waals surface area contributed by atoms with E-state index >= 15 is 0 Å². The Morgan fingerprint density at radius 2 is 2.00 bits per heavy atom. The molecule has 1 aromatic heterocycles. The molecule has 0 aliphatic heterocycles. The third kappa shape index (κ3) is 6.66. The van der Waals surface area contributed by atoms with Crippen molar-refractivity contribution in [3.05, 3.63) is 48.5 Å². The smallest absolute Gasteiger partial charge is 0.307 e. The van der Waals surface area contributed by atoms with E-state index in [1.54, 1.807) is 24.7 Å². The maximum atomic E-state index is 12.0. The van der Waals surface area contributed by atoms with Crippen molar-refractivity contribution in [2.75, 3.05) is 25.0 Å². The van der Waals surface area contributed by atoms with Crippen molar-refractivity contribution in [3.8, 4) is 0 Å². The molecular formula is C18H24N4O3. The van der Waals surface area contributed by atoms with Gasteiger partial charge < -0.3 is 19.9 Å². The highest BCUT2D eigenvalue weighted by atomic mass is 16.5. The van der Waals surface area contributed by atoms with Crippen molar-refractivity contribution >= 4 is 17.6 Å². The molecule has 0 unspecified atom stereocenters. The molecule has 2 aromatic rings. The quantitative estimate of drug-likeness (QED) is 0.645. The summed E-state index contributed by atoms with van der Waals surface area (Å²) >= 11 is 0. The molecule has 1 amide bonds. The molecule has 0 saturated carbocycles. The van der Waals surface area contributed by atoms with Gasteiger partial charge in [0, 0.05) is 43.3 Å². The maximum Gasteiger partial charge on any atom is 0.307 e. The van der Waals surface area contributed by atoms with Gasteiger partial charge in [-0.05, 0) is 30.7 Å². The van der Waals surface area contributed by atoms with Crippen LogP contribution in [-0.4, -0.2) is 41.1 Å². The Balaban J connectivity index is 1.69. The van der Waals surface area contributed by atoms with Crippen molar-refractivity contribution in [2.45, 2.75) is 26.3 Å². The van der Waals surface area contributed by atoms with Gasteiger partial charge in [-0.25, -0.2) is 4.98 Å². The number of hydrogen-bond acceptors (Lipinski definition) is 5. The molecule has 134 valence electrons. The van der Waals surface area contributed by atoms with Crippen molar-refractivity contribution < 1.29 is 14.3 Å². The van der Waals surface area contributed by atoms with Crippen molar-refractivity contribution in [1.82, 2.24) is 14.9 Å². The van der Waals surface area contributed by atoms with Gasteiger partial charge in [-0.15, -0.1) is 0 Å². The number of carbonyl (C=O) groups excluding carboxylic acids is 2. The Labute approximate surface area is 147 Å². The van der Waals surface area contributed by atoms with E-state index in [-0.39, 0.29) is 24.8 Å². The molecule has 0 radical (unpaired) electrons. The topological polar surface area (TPSA) is 85.2 Å². The summed E-state index contributed by atoms with van der Waals surface area (Å²) in [4.78, 5) is 27.4. The number of hydrogen-bond donors (Lipinski definition) is 2. The largest absolute Gasteiger partial charge is 0.466 e. The Hall–Kier alpha value is -2.83. The highest BCUT2D eigenvalue weighted by Crippen LogP contribution is 2.09. The van der Waals surface area contributed by atoms with Crippen LogP contribution in [0.5, 0.6) is 0 Å². The molecule has 0 fully saturated rings. The predicted molar refractivity (Wildman–Crippen MR) is 95.4 cm³/mol. The molecule has 2 rings (SSSR count). The van der Waals surface area contributed by atoms with E-state index in [9.17, 15) is 9.59 Å². The van der Waals surface area contributed by atoms with Gasteiger partial charge >= 0.3 is 5.97 Å². The van der Waals surface area contributed by atoms with Gasteiger partial charge in [0.2, 0.25) is 0 Å². The van der Waals surface area contributed by atoms with Crippen LogP contribution in [0.25, 0.3) is 0 Å². The first-order valence-electron chi connectivity index (χ1n) is 8.42. The molecule has 7 heteroatoms. The molecule has 7 nitrogen and oxygen atoms in total. The molecule has 0 spiro atoms. The third-order valence-electron chi connectivity index (χ3n) is 3.49. The van der Waals surface area contributed by atoms with Gasteiger partial charge in [-0.1, -0.05) is 6.92 Å². The summed E-state index contributed by atoms with van der Waals surface area (Å²) in [5.41, 5.74) is 1.50. The fraction of sp³-hybridized carbons (Fsp3) is 0.389. The van der Waals surface area contributed by atoms with E-state index in [0.29, 0.717) is 12.2 Å². The van der Waals surface area contributed by atoms with Gasteiger partial charge in [-0.2, -0.15) is 0 Å². The molecule has 0 aliphatic carbocycles. The van der Waals surface area contributed by atoms with Crippen molar-refractivity contribution in [3.63, 3.8) is 0 Å². The van der Waals surface area contributed by atoms with E-state index in [1.807, 2.05) is 29.8 Å². The third-order valence-corrected chi connectivity index (χ3v) is 3.49. The van der Waals surface area contributed by atoms with Crippen LogP contribution in [0.4, 0.5) is 5.69 Å². The molecule has 1 heterocycles. The number of nitrogens with one attached hydrogen (secondary N) is 2. The Morgan fingerprint density at radius 3 is 2.68 bits per heavy atom.